The predicted molar refractivity (Wildman–Crippen MR) is 62.5 cm³/mol. The fourth-order valence-corrected chi connectivity index (χ4v) is 2.24. The van der Waals surface area contributed by atoms with Gasteiger partial charge < -0.3 is 0 Å². The smallest absolute Gasteiger partial charge is 0.0956 e. The Kier molecular flexibility index (Phi) is 2.59. The number of aromatic amines is 1. The lowest BCUT2D eigenvalue weighted by Crippen LogP contribution is -1.86. The molecule has 0 amide bonds. The van der Waals surface area contributed by atoms with Gasteiger partial charge >= 0.3 is 0 Å². The van der Waals surface area contributed by atoms with Crippen molar-refractivity contribution in [3.05, 3.63) is 27.9 Å². The van der Waals surface area contributed by atoms with Crippen molar-refractivity contribution in [1.29, 1.82) is 0 Å². The first-order chi connectivity index (χ1) is 6.72. The molecule has 14 heavy (non-hydrogen) atoms. The molecule has 1 N–H and O–H groups in total. The lowest BCUT2D eigenvalue weighted by molar-refractivity contribution is 0.923. The zero-order chi connectivity index (χ0) is 10.1. The molecular formula is C11H13BrN2. The van der Waals surface area contributed by atoms with Gasteiger partial charge in [-0.15, -0.1) is 0 Å². The Morgan fingerprint density at radius 2 is 2.21 bits per heavy atom. The largest absolute Gasteiger partial charge is 0.282 e. The van der Waals surface area contributed by atoms with Crippen LogP contribution in [-0.2, 0) is 6.42 Å². The molecule has 0 aliphatic heterocycles. The van der Waals surface area contributed by atoms with Crippen LogP contribution in [0.25, 0.3) is 10.9 Å². The van der Waals surface area contributed by atoms with Crippen molar-refractivity contribution in [3.63, 3.8) is 0 Å². The van der Waals surface area contributed by atoms with Crippen molar-refractivity contribution in [2.24, 2.45) is 0 Å². The van der Waals surface area contributed by atoms with Crippen LogP contribution < -0.4 is 0 Å². The van der Waals surface area contributed by atoms with Crippen LogP contribution in [0, 0.1) is 6.92 Å². The van der Waals surface area contributed by atoms with E-state index in [-0.39, 0.29) is 0 Å². The number of rotatable bonds is 2. The summed E-state index contributed by atoms with van der Waals surface area (Å²) in [6, 6.07) is 4.28. The zero-order valence-electron chi connectivity index (χ0n) is 8.39. The Labute approximate surface area is 91.8 Å². The van der Waals surface area contributed by atoms with Crippen LogP contribution in [0.15, 0.2) is 16.6 Å². The molecule has 0 aliphatic rings. The van der Waals surface area contributed by atoms with Gasteiger partial charge in [-0.3, -0.25) is 5.10 Å². The van der Waals surface area contributed by atoms with E-state index in [4.69, 9.17) is 0 Å². The minimum atomic E-state index is 1.08. The fraction of sp³-hybridized carbons (Fsp3) is 0.364. The van der Waals surface area contributed by atoms with Gasteiger partial charge in [0.1, 0.15) is 0 Å². The highest BCUT2D eigenvalue weighted by Gasteiger charge is 2.07. The van der Waals surface area contributed by atoms with Gasteiger partial charge in [0.25, 0.3) is 0 Å². The number of nitrogens with zero attached hydrogens (tertiary/aromatic N) is 1. The summed E-state index contributed by atoms with van der Waals surface area (Å²) in [5.74, 6) is 0. The monoisotopic (exact) mass is 252 g/mol. The van der Waals surface area contributed by atoms with E-state index in [9.17, 15) is 0 Å². The number of halogens is 1. The molecule has 1 aromatic heterocycles. The van der Waals surface area contributed by atoms with Gasteiger partial charge in [0.05, 0.1) is 5.52 Å². The molecule has 2 rings (SSSR count). The SMILES string of the molecule is CCCc1cc(Br)cc2c(C)[nH]nc12. The van der Waals surface area contributed by atoms with Crippen LogP contribution in [0.3, 0.4) is 0 Å². The number of hydrogen-bond acceptors (Lipinski definition) is 1. The summed E-state index contributed by atoms with van der Waals surface area (Å²) in [5.41, 5.74) is 3.58. The first-order valence-corrected chi connectivity index (χ1v) is 5.64. The second kappa shape index (κ2) is 3.73. The molecule has 0 bridgehead atoms. The molecule has 74 valence electrons. The lowest BCUT2D eigenvalue weighted by atomic mass is 10.1. The van der Waals surface area contributed by atoms with Gasteiger partial charge in [0, 0.05) is 15.6 Å². The second-order valence-corrected chi connectivity index (χ2v) is 4.48. The van der Waals surface area contributed by atoms with Crippen LogP contribution in [0.2, 0.25) is 0 Å². The standard InChI is InChI=1S/C11H13BrN2/c1-3-4-8-5-9(12)6-10-7(2)13-14-11(8)10/h5-6H,3-4H2,1-2H3,(H,13,14). The molecule has 0 fully saturated rings. The van der Waals surface area contributed by atoms with Crippen LogP contribution in [0.1, 0.15) is 24.6 Å². The molecule has 1 heterocycles. The van der Waals surface area contributed by atoms with E-state index in [1.54, 1.807) is 0 Å². The van der Waals surface area contributed by atoms with E-state index < -0.39 is 0 Å². The third-order valence-electron chi connectivity index (χ3n) is 2.41. The molecule has 0 aliphatic carbocycles. The highest BCUT2D eigenvalue weighted by atomic mass is 79.9. The molecule has 3 heteroatoms. The number of H-pyrrole nitrogens is 1. The number of benzene rings is 1. The number of fused-ring (bicyclic) bond motifs is 1. The molecule has 0 saturated heterocycles. The van der Waals surface area contributed by atoms with Crippen LogP contribution >= 0.6 is 15.9 Å². The third-order valence-corrected chi connectivity index (χ3v) is 2.87. The predicted octanol–water partition coefficient (Wildman–Crippen LogP) is 3.59. The van der Waals surface area contributed by atoms with Crippen LogP contribution in [-0.4, -0.2) is 10.2 Å². The van der Waals surface area contributed by atoms with Gasteiger partial charge in [0.15, 0.2) is 0 Å². The van der Waals surface area contributed by atoms with Gasteiger partial charge in [0.2, 0.25) is 0 Å². The fourth-order valence-electron chi connectivity index (χ4n) is 1.73. The minimum Gasteiger partial charge on any atom is -0.282 e. The van der Waals surface area contributed by atoms with Crippen molar-refractivity contribution in [3.8, 4) is 0 Å². The van der Waals surface area contributed by atoms with Crippen LogP contribution in [0.4, 0.5) is 0 Å². The van der Waals surface area contributed by atoms with Crippen molar-refractivity contribution in [1.82, 2.24) is 10.2 Å². The van der Waals surface area contributed by atoms with Gasteiger partial charge in [-0.25, -0.2) is 0 Å². The molecule has 0 spiro atoms. The first-order valence-electron chi connectivity index (χ1n) is 4.85. The Morgan fingerprint density at radius 3 is 2.93 bits per heavy atom. The number of aryl methyl sites for hydroxylation is 2. The van der Waals surface area contributed by atoms with Crippen molar-refractivity contribution in [2.75, 3.05) is 0 Å². The summed E-state index contributed by atoms with van der Waals surface area (Å²) < 4.78 is 1.14. The van der Waals surface area contributed by atoms with Crippen molar-refractivity contribution in [2.45, 2.75) is 26.7 Å². The third kappa shape index (κ3) is 1.57. The molecule has 2 nitrogen and oxygen atoms in total. The Bertz CT molecular complexity index is 460. The Balaban J connectivity index is 2.68. The van der Waals surface area contributed by atoms with E-state index in [0.29, 0.717) is 0 Å². The highest BCUT2D eigenvalue weighted by Crippen LogP contribution is 2.25. The average Bonchev–Trinajstić information content (AvgIpc) is 2.49. The first kappa shape index (κ1) is 9.71. The topological polar surface area (TPSA) is 28.7 Å². The van der Waals surface area contributed by atoms with E-state index in [1.165, 1.54) is 10.9 Å². The molecule has 0 atom stereocenters. The highest BCUT2D eigenvalue weighted by molar-refractivity contribution is 9.10. The summed E-state index contributed by atoms with van der Waals surface area (Å²) >= 11 is 3.53. The van der Waals surface area contributed by atoms with E-state index >= 15 is 0 Å². The quantitative estimate of drug-likeness (QED) is 0.870. The summed E-state index contributed by atoms with van der Waals surface area (Å²) in [4.78, 5) is 0. The second-order valence-electron chi connectivity index (χ2n) is 3.56. The summed E-state index contributed by atoms with van der Waals surface area (Å²) in [5, 5.41) is 8.59. The van der Waals surface area contributed by atoms with E-state index in [1.807, 2.05) is 0 Å². The summed E-state index contributed by atoms with van der Waals surface area (Å²) in [6.45, 7) is 4.24. The number of hydrogen-bond donors (Lipinski definition) is 1. The van der Waals surface area contributed by atoms with Crippen molar-refractivity contribution >= 4 is 26.8 Å². The molecule has 0 saturated carbocycles. The maximum Gasteiger partial charge on any atom is 0.0956 e. The number of nitrogens with one attached hydrogen (secondary N) is 1. The lowest BCUT2D eigenvalue weighted by Gasteiger charge is -2.01. The molecule has 1 aromatic carbocycles. The Morgan fingerprint density at radius 1 is 1.43 bits per heavy atom. The van der Waals surface area contributed by atoms with Crippen molar-refractivity contribution < 1.29 is 0 Å². The maximum atomic E-state index is 4.33. The van der Waals surface area contributed by atoms with Gasteiger partial charge in [-0.2, -0.15) is 5.10 Å². The minimum absolute atomic E-state index is 1.08. The van der Waals surface area contributed by atoms with E-state index in [0.717, 1.165) is 28.5 Å². The maximum absolute atomic E-state index is 4.33. The molecule has 0 radical (unpaired) electrons. The molecule has 2 aromatic rings. The normalized spacial score (nSPS) is 11.1. The Hall–Kier alpha value is -0.830. The van der Waals surface area contributed by atoms with Gasteiger partial charge in [-0.05, 0) is 31.0 Å². The van der Waals surface area contributed by atoms with E-state index in [2.05, 4.69) is 52.1 Å². The average molecular weight is 253 g/mol. The molecular weight excluding hydrogens is 240 g/mol. The van der Waals surface area contributed by atoms with Crippen LogP contribution in [0.5, 0.6) is 0 Å². The number of aromatic nitrogens is 2. The van der Waals surface area contributed by atoms with Gasteiger partial charge in [-0.1, -0.05) is 29.3 Å². The summed E-state index contributed by atoms with van der Waals surface area (Å²) in [7, 11) is 0. The molecule has 0 unspecified atom stereocenters. The zero-order valence-corrected chi connectivity index (χ0v) is 9.98. The summed E-state index contributed by atoms with van der Waals surface area (Å²) in [6.07, 6.45) is 2.23.